The molecule has 0 aliphatic rings. The van der Waals surface area contributed by atoms with Gasteiger partial charge in [-0.05, 0) is 6.92 Å². The summed E-state index contributed by atoms with van der Waals surface area (Å²) in [6.07, 6.45) is 1.54. The SMILES string of the molecule is C/C(=C\C#N)N[Si](C)(C)C. The van der Waals surface area contributed by atoms with E-state index >= 15 is 0 Å². The second-order valence-electron chi connectivity index (χ2n) is 3.33. The molecule has 0 saturated carbocycles. The summed E-state index contributed by atoms with van der Waals surface area (Å²) in [5, 5.41) is 8.28. The molecule has 0 heterocycles. The molecule has 0 aromatic carbocycles. The monoisotopic (exact) mass is 154 g/mol. The van der Waals surface area contributed by atoms with Crippen LogP contribution in [0.3, 0.4) is 0 Å². The minimum absolute atomic E-state index is 0.974. The van der Waals surface area contributed by atoms with Crippen molar-refractivity contribution in [3.63, 3.8) is 0 Å². The van der Waals surface area contributed by atoms with Crippen LogP contribution in [0.4, 0.5) is 0 Å². The average Bonchev–Trinajstić information content (AvgIpc) is 1.59. The highest BCUT2D eigenvalue weighted by Gasteiger charge is 2.11. The molecule has 0 fully saturated rings. The zero-order valence-electron chi connectivity index (χ0n) is 7.02. The van der Waals surface area contributed by atoms with Crippen molar-refractivity contribution in [2.24, 2.45) is 0 Å². The van der Waals surface area contributed by atoms with Crippen molar-refractivity contribution in [1.29, 1.82) is 5.26 Å². The molecule has 56 valence electrons. The molecular formula is C7H14N2Si. The number of nitrogens with one attached hydrogen (secondary N) is 1. The highest BCUT2D eigenvalue weighted by atomic mass is 28.3. The van der Waals surface area contributed by atoms with Gasteiger partial charge in [0.25, 0.3) is 0 Å². The molecule has 0 rings (SSSR count). The molecule has 0 saturated heterocycles. The normalized spacial score (nSPS) is 12.5. The van der Waals surface area contributed by atoms with Crippen molar-refractivity contribution in [2.45, 2.75) is 26.6 Å². The number of hydrogen-bond donors (Lipinski definition) is 1. The summed E-state index contributed by atoms with van der Waals surface area (Å²) >= 11 is 0. The molecule has 0 spiro atoms. The van der Waals surface area contributed by atoms with E-state index in [1.54, 1.807) is 0 Å². The predicted molar refractivity (Wildman–Crippen MR) is 45.9 cm³/mol. The van der Waals surface area contributed by atoms with E-state index in [4.69, 9.17) is 5.26 Å². The van der Waals surface area contributed by atoms with Gasteiger partial charge in [-0.1, -0.05) is 19.6 Å². The standard InChI is InChI=1S/C7H14N2Si/c1-7(5-6-8)9-10(2,3)4/h5,9H,1-4H3/b7-5+. The van der Waals surface area contributed by atoms with Gasteiger partial charge >= 0.3 is 0 Å². The van der Waals surface area contributed by atoms with Gasteiger partial charge in [-0.3, -0.25) is 0 Å². The highest BCUT2D eigenvalue weighted by Crippen LogP contribution is 1.98. The molecule has 0 radical (unpaired) electrons. The van der Waals surface area contributed by atoms with Gasteiger partial charge in [-0.25, -0.2) is 0 Å². The average molecular weight is 154 g/mol. The molecule has 0 aromatic heterocycles. The van der Waals surface area contributed by atoms with Crippen LogP contribution in [-0.4, -0.2) is 8.24 Å². The lowest BCUT2D eigenvalue weighted by molar-refractivity contribution is 1.11. The second kappa shape index (κ2) is 3.42. The van der Waals surface area contributed by atoms with Gasteiger partial charge in [0.15, 0.2) is 0 Å². The predicted octanol–water partition coefficient (Wildman–Crippen LogP) is 1.84. The summed E-state index contributed by atoms with van der Waals surface area (Å²) in [4.78, 5) is 3.30. The quantitative estimate of drug-likeness (QED) is 0.486. The first-order valence-electron chi connectivity index (χ1n) is 3.30. The number of nitriles is 1. The van der Waals surface area contributed by atoms with Crippen molar-refractivity contribution < 1.29 is 0 Å². The maximum Gasteiger partial charge on any atom is 0.143 e. The Morgan fingerprint density at radius 3 is 2.30 bits per heavy atom. The molecule has 1 N–H and O–H groups in total. The Labute approximate surface area is 63.6 Å². The third-order valence-corrected chi connectivity index (χ3v) is 2.00. The van der Waals surface area contributed by atoms with Gasteiger partial charge in [0.05, 0.1) is 6.07 Å². The molecule has 0 aliphatic carbocycles. The lowest BCUT2D eigenvalue weighted by atomic mass is 10.5. The number of hydrogen-bond acceptors (Lipinski definition) is 2. The fourth-order valence-electron chi connectivity index (χ4n) is 0.724. The van der Waals surface area contributed by atoms with Crippen LogP contribution in [0, 0.1) is 11.3 Å². The number of nitrogens with zero attached hydrogens (tertiary/aromatic N) is 1. The summed E-state index contributed by atoms with van der Waals surface area (Å²) in [7, 11) is -1.23. The van der Waals surface area contributed by atoms with Gasteiger partial charge in [-0.2, -0.15) is 5.26 Å². The van der Waals surface area contributed by atoms with Crippen molar-refractivity contribution in [2.75, 3.05) is 0 Å². The van der Waals surface area contributed by atoms with Crippen LogP contribution in [-0.2, 0) is 0 Å². The molecule has 2 nitrogen and oxygen atoms in total. The molecule has 0 unspecified atom stereocenters. The summed E-state index contributed by atoms with van der Waals surface area (Å²) in [5.41, 5.74) is 0.974. The van der Waals surface area contributed by atoms with E-state index in [0.29, 0.717) is 0 Å². The van der Waals surface area contributed by atoms with E-state index in [2.05, 4.69) is 24.6 Å². The molecule has 0 aliphatic heterocycles. The van der Waals surface area contributed by atoms with Crippen LogP contribution in [0.15, 0.2) is 11.8 Å². The lowest BCUT2D eigenvalue weighted by Crippen LogP contribution is -2.39. The largest absolute Gasteiger partial charge is 0.414 e. The van der Waals surface area contributed by atoms with Crippen LogP contribution in [0.5, 0.6) is 0 Å². The van der Waals surface area contributed by atoms with Crippen LogP contribution in [0.2, 0.25) is 19.6 Å². The Bertz CT molecular complexity index is 171. The van der Waals surface area contributed by atoms with E-state index in [9.17, 15) is 0 Å². The van der Waals surface area contributed by atoms with Crippen LogP contribution >= 0.6 is 0 Å². The Morgan fingerprint density at radius 2 is 2.00 bits per heavy atom. The number of allylic oxidation sites excluding steroid dienone is 2. The van der Waals surface area contributed by atoms with Crippen molar-refractivity contribution in [3.8, 4) is 6.07 Å². The Hall–Kier alpha value is -0.753. The van der Waals surface area contributed by atoms with Crippen LogP contribution < -0.4 is 4.98 Å². The van der Waals surface area contributed by atoms with E-state index in [1.807, 2.05) is 13.0 Å². The van der Waals surface area contributed by atoms with Gasteiger partial charge < -0.3 is 4.98 Å². The van der Waals surface area contributed by atoms with Crippen LogP contribution in [0.25, 0.3) is 0 Å². The molecule has 0 amide bonds. The Balaban J connectivity index is 3.95. The van der Waals surface area contributed by atoms with Gasteiger partial charge in [0, 0.05) is 11.8 Å². The lowest BCUT2D eigenvalue weighted by Gasteiger charge is -2.18. The molecule has 0 aromatic rings. The molecule has 0 atom stereocenters. The smallest absolute Gasteiger partial charge is 0.143 e. The Morgan fingerprint density at radius 1 is 1.50 bits per heavy atom. The highest BCUT2D eigenvalue weighted by molar-refractivity contribution is 6.74. The summed E-state index contributed by atoms with van der Waals surface area (Å²) in [6, 6.07) is 1.99. The summed E-state index contributed by atoms with van der Waals surface area (Å²) in [5.74, 6) is 0. The summed E-state index contributed by atoms with van der Waals surface area (Å²) in [6.45, 7) is 8.51. The van der Waals surface area contributed by atoms with E-state index in [-0.39, 0.29) is 0 Å². The van der Waals surface area contributed by atoms with Crippen molar-refractivity contribution >= 4 is 8.24 Å². The molecule has 3 heteroatoms. The first kappa shape index (κ1) is 9.25. The zero-order chi connectivity index (χ0) is 8.20. The fourth-order valence-corrected chi connectivity index (χ4v) is 1.98. The fraction of sp³-hybridized carbons (Fsp3) is 0.571. The third kappa shape index (κ3) is 5.38. The van der Waals surface area contributed by atoms with Gasteiger partial charge in [0.2, 0.25) is 0 Å². The van der Waals surface area contributed by atoms with E-state index < -0.39 is 8.24 Å². The van der Waals surface area contributed by atoms with Gasteiger partial charge in [-0.15, -0.1) is 0 Å². The maximum absolute atomic E-state index is 8.28. The first-order chi connectivity index (χ1) is 4.45. The van der Waals surface area contributed by atoms with Crippen molar-refractivity contribution in [3.05, 3.63) is 11.8 Å². The maximum atomic E-state index is 8.28. The topological polar surface area (TPSA) is 35.8 Å². The second-order valence-corrected chi connectivity index (χ2v) is 8.08. The number of rotatable bonds is 2. The Kier molecular flexibility index (Phi) is 3.17. The minimum Gasteiger partial charge on any atom is -0.414 e. The summed E-state index contributed by atoms with van der Waals surface area (Å²) < 4.78 is 0. The van der Waals surface area contributed by atoms with E-state index in [0.717, 1.165) is 5.70 Å². The zero-order valence-corrected chi connectivity index (χ0v) is 8.02. The molecule has 10 heavy (non-hydrogen) atoms. The van der Waals surface area contributed by atoms with E-state index in [1.165, 1.54) is 6.08 Å². The third-order valence-electron chi connectivity index (χ3n) is 0.853. The first-order valence-corrected chi connectivity index (χ1v) is 6.80. The molecular weight excluding hydrogens is 140 g/mol. The van der Waals surface area contributed by atoms with Gasteiger partial charge in [0.1, 0.15) is 8.24 Å². The van der Waals surface area contributed by atoms with Crippen molar-refractivity contribution in [1.82, 2.24) is 4.98 Å². The van der Waals surface area contributed by atoms with Crippen LogP contribution in [0.1, 0.15) is 6.92 Å². The minimum atomic E-state index is -1.23. The molecule has 0 bridgehead atoms.